The molecule has 3 heterocycles. The number of benzene rings is 1. The fourth-order valence-corrected chi connectivity index (χ4v) is 4.15. The highest BCUT2D eigenvalue weighted by atomic mass is 35.5. The van der Waals surface area contributed by atoms with Crippen LogP contribution in [0, 0.1) is 0 Å². The summed E-state index contributed by atoms with van der Waals surface area (Å²) in [4.78, 5) is 31.3. The number of rotatable bonds is 4. The first kappa shape index (κ1) is 33.5. The molecule has 1 fully saturated rings. The Morgan fingerprint density at radius 1 is 0.976 bits per heavy atom. The standard InChI is InChI=1S/C21H23ClN4O.2C2HF3O2/c1-2-25-9-11-26(12-10-25)20(15-5-3-7-23-14-15)17-13-18(22)16-6-4-8-24-19(16)21(17)27;2*3-2(4,5)1(6)7/h3-8,13-14,20,27H,2,9-12H2,1H3;2*(H,6,7). The van der Waals surface area contributed by atoms with Crippen LogP contribution in [0.3, 0.4) is 0 Å². The lowest BCUT2D eigenvalue weighted by atomic mass is 9.95. The summed E-state index contributed by atoms with van der Waals surface area (Å²) in [5, 5.41) is 26.7. The topological polar surface area (TPSA) is 127 Å². The molecule has 1 aliphatic heterocycles. The first-order chi connectivity index (χ1) is 19.1. The molecule has 41 heavy (non-hydrogen) atoms. The van der Waals surface area contributed by atoms with E-state index in [9.17, 15) is 31.4 Å². The lowest BCUT2D eigenvalue weighted by molar-refractivity contribution is -0.193. The lowest BCUT2D eigenvalue weighted by Gasteiger charge is -2.39. The summed E-state index contributed by atoms with van der Waals surface area (Å²) in [5.41, 5.74) is 2.37. The normalized spacial score (nSPS) is 15.2. The zero-order valence-corrected chi connectivity index (χ0v) is 22.1. The average Bonchev–Trinajstić information content (AvgIpc) is 2.92. The number of carboxylic acid groups (broad SMARTS) is 2. The van der Waals surface area contributed by atoms with Crippen molar-refractivity contribution >= 4 is 34.4 Å². The Balaban J connectivity index is 0.000000349. The van der Waals surface area contributed by atoms with Crippen LogP contribution in [-0.2, 0) is 9.59 Å². The number of aromatic nitrogens is 2. The van der Waals surface area contributed by atoms with Crippen LogP contribution in [0.5, 0.6) is 5.75 Å². The number of nitrogens with zero attached hydrogens (tertiary/aromatic N) is 4. The van der Waals surface area contributed by atoms with Gasteiger partial charge < -0.3 is 20.2 Å². The number of piperazine rings is 1. The molecule has 0 radical (unpaired) electrons. The van der Waals surface area contributed by atoms with E-state index in [1.165, 1.54) is 0 Å². The maximum atomic E-state index is 11.1. The van der Waals surface area contributed by atoms with Gasteiger partial charge in [-0.1, -0.05) is 24.6 Å². The Morgan fingerprint density at radius 2 is 1.51 bits per heavy atom. The van der Waals surface area contributed by atoms with Crippen molar-refractivity contribution in [1.82, 2.24) is 19.8 Å². The molecule has 4 rings (SSSR count). The highest BCUT2D eigenvalue weighted by Crippen LogP contribution is 2.41. The van der Waals surface area contributed by atoms with Gasteiger partial charge in [0.2, 0.25) is 0 Å². The van der Waals surface area contributed by atoms with Crippen molar-refractivity contribution in [1.29, 1.82) is 0 Å². The van der Waals surface area contributed by atoms with Gasteiger partial charge in [0, 0.05) is 55.7 Å². The Morgan fingerprint density at radius 3 is 1.98 bits per heavy atom. The second-order valence-corrected chi connectivity index (χ2v) is 8.87. The molecule has 2 aromatic heterocycles. The second kappa shape index (κ2) is 14.3. The van der Waals surface area contributed by atoms with E-state index in [1.54, 1.807) is 12.4 Å². The molecule has 1 unspecified atom stereocenters. The molecule has 0 spiro atoms. The number of carbonyl (C=O) groups is 2. The molecule has 3 aromatic rings. The average molecular weight is 611 g/mol. The van der Waals surface area contributed by atoms with Crippen molar-refractivity contribution in [2.75, 3.05) is 32.7 Å². The molecule has 0 aliphatic carbocycles. The van der Waals surface area contributed by atoms with Gasteiger partial charge in [0.15, 0.2) is 0 Å². The first-order valence-electron chi connectivity index (χ1n) is 11.8. The Labute approximate surface area is 234 Å². The molecule has 0 bridgehead atoms. The van der Waals surface area contributed by atoms with Crippen molar-refractivity contribution in [3.63, 3.8) is 0 Å². The predicted octanol–water partition coefficient (Wildman–Crippen LogP) is 4.98. The summed E-state index contributed by atoms with van der Waals surface area (Å²) in [7, 11) is 0. The van der Waals surface area contributed by atoms with Crippen molar-refractivity contribution in [2.24, 2.45) is 0 Å². The summed E-state index contributed by atoms with van der Waals surface area (Å²) >= 11 is 6.56. The fourth-order valence-electron chi connectivity index (χ4n) is 3.88. The molecule has 16 heteroatoms. The molecule has 3 N–H and O–H groups in total. The molecule has 9 nitrogen and oxygen atoms in total. The molecule has 1 aromatic carbocycles. The van der Waals surface area contributed by atoms with Crippen molar-refractivity contribution < 1.29 is 51.3 Å². The SMILES string of the molecule is CCN1CCN(C(c2cccnc2)c2cc(Cl)c3cccnc3c2O)CC1.O=C(O)C(F)(F)F.O=C(O)C(F)(F)F. The minimum atomic E-state index is -5.08. The monoisotopic (exact) mass is 610 g/mol. The number of aliphatic carboxylic acids is 2. The van der Waals surface area contributed by atoms with E-state index in [2.05, 4.69) is 32.8 Å². The van der Waals surface area contributed by atoms with Crippen LogP contribution >= 0.6 is 11.6 Å². The van der Waals surface area contributed by atoms with Gasteiger partial charge in [0.05, 0.1) is 11.1 Å². The first-order valence-corrected chi connectivity index (χ1v) is 12.2. The molecule has 0 saturated carbocycles. The van der Waals surface area contributed by atoms with Crippen LogP contribution in [0.2, 0.25) is 5.02 Å². The number of hydrogen-bond acceptors (Lipinski definition) is 7. The van der Waals surface area contributed by atoms with Gasteiger partial charge in [-0.3, -0.25) is 14.9 Å². The highest BCUT2D eigenvalue weighted by Gasteiger charge is 2.39. The number of hydrogen-bond donors (Lipinski definition) is 3. The van der Waals surface area contributed by atoms with E-state index in [0.717, 1.165) is 49.2 Å². The highest BCUT2D eigenvalue weighted by molar-refractivity contribution is 6.35. The van der Waals surface area contributed by atoms with Gasteiger partial charge in [-0.25, -0.2) is 9.59 Å². The summed E-state index contributed by atoms with van der Waals surface area (Å²) < 4.78 is 63.5. The zero-order valence-electron chi connectivity index (χ0n) is 21.3. The van der Waals surface area contributed by atoms with Crippen molar-refractivity contribution in [3.05, 3.63) is 65.1 Å². The Kier molecular flexibility index (Phi) is 11.7. The van der Waals surface area contributed by atoms with Crippen LogP contribution in [0.25, 0.3) is 10.9 Å². The van der Waals surface area contributed by atoms with Crippen LogP contribution in [-0.4, -0.2) is 92.1 Å². The number of halogens is 7. The molecule has 1 atom stereocenters. The largest absolute Gasteiger partial charge is 0.505 e. The number of fused-ring (bicyclic) bond motifs is 1. The Bertz CT molecular complexity index is 1300. The Hall–Kier alpha value is -3.69. The second-order valence-electron chi connectivity index (χ2n) is 8.46. The maximum Gasteiger partial charge on any atom is 0.490 e. The number of phenols is 1. The summed E-state index contributed by atoms with van der Waals surface area (Å²) in [5.74, 6) is -5.32. The van der Waals surface area contributed by atoms with E-state index in [1.807, 2.05) is 30.5 Å². The molecule has 0 amide bonds. The number of alkyl halides is 6. The van der Waals surface area contributed by atoms with Crippen LogP contribution in [0.4, 0.5) is 26.3 Å². The minimum absolute atomic E-state index is 0.110. The van der Waals surface area contributed by atoms with E-state index < -0.39 is 24.3 Å². The molecule has 224 valence electrons. The van der Waals surface area contributed by atoms with E-state index in [0.29, 0.717) is 10.5 Å². The van der Waals surface area contributed by atoms with Gasteiger partial charge in [-0.05, 0) is 36.4 Å². The third-order valence-corrected chi connectivity index (χ3v) is 6.16. The fraction of sp³-hybridized carbons (Fsp3) is 0.360. The molecular formula is C25H25ClF6N4O5. The van der Waals surface area contributed by atoms with Crippen LogP contribution in [0.15, 0.2) is 48.9 Å². The third kappa shape index (κ3) is 9.43. The molecule has 1 aliphatic rings. The third-order valence-electron chi connectivity index (χ3n) is 5.84. The quantitative estimate of drug-likeness (QED) is 0.351. The van der Waals surface area contributed by atoms with Crippen molar-refractivity contribution in [2.45, 2.75) is 25.3 Å². The number of likely N-dealkylation sites (N-methyl/N-ethyl adjacent to an activating group) is 1. The maximum absolute atomic E-state index is 11.1. The van der Waals surface area contributed by atoms with E-state index in [4.69, 9.17) is 31.4 Å². The van der Waals surface area contributed by atoms with Gasteiger partial charge in [0.1, 0.15) is 11.3 Å². The lowest BCUT2D eigenvalue weighted by Crippen LogP contribution is -2.47. The van der Waals surface area contributed by atoms with Crippen molar-refractivity contribution in [3.8, 4) is 5.75 Å². The predicted molar refractivity (Wildman–Crippen MR) is 136 cm³/mol. The van der Waals surface area contributed by atoms with Gasteiger partial charge in [-0.15, -0.1) is 0 Å². The number of aromatic hydroxyl groups is 1. The van der Waals surface area contributed by atoms with E-state index in [-0.39, 0.29) is 11.8 Å². The number of pyridine rings is 2. The number of carboxylic acids is 2. The summed E-state index contributed by atoms with van der Waals surface area (Å²) in [6.07, 6.45) is -4.85. The zero-order chi connectivity index (χ0) is 31.0. The minimum Gasteiger partial charge on any atom is -0.505 e. The van der Waals surface area contributed by atoms with Gasteiger partial charge in [-0.2, -0.15) is 26.3 Å². The summed E-state index contributed by atoms with van der Waals surface area (Å²) in [6, 6.07) is 9.47. The van der Waals surface area contributed by atoms with E-state index >= 15 is 0 Å². The summed E-state index contributed by atoms with van der Waals surface area (Å²) in [6.45, 7) is 7.10. The van der Waals surface area contributed by atoms with Crippen LogP contribution < -0.4 is 0 Å². The molecule has 1 saturated heterocycles. The van der Waals surface area contributed by atoms with Gasteiger partial charge >= 0.3 is 24.3 Å². The van der Waals surface area contributed by atoms with Crippen LogP contribution in [0.1, 0.15) is 24.1 Å². The van der Waals surface area contributed by atoms with Gasteiger partial charge in [0.25, 0.3) is 0 Å². The smallest absolute Gasteiger partial charge is 0.490 e. The number of phenolic OH excluding ortho intramolecular Hbond substituents is 1. The molecular weight excluding hydrogens is 586 g/mol.